The summed E-state index contributed by atoms with van der Waals surface area (Å²) in [6.07, 6.45) is 1.59. The number of aliphatic carboxylic acids is 1. The third-order valence-corrected chi connectivity index (χ3v) is 3.33. The first-order valence-corrected chi connectivity index (χ1v) is 8.49. The molecule has 2 rings (SSSR count). The maximum atomic E-state index is 11.7. The molecule has 10 nitrogen and oxygen atoms in total. The average molecular weight is 380 g/mol. The van der Waals surface area contributed by atoms with Gasteiger partial charge in [-0.1, -0.05) is 0 Å². The van der Waals surface area contributed by atoms with E-state index < -0.39 is 29.9 Å². The molecule has 2 aromatic rings. The van der Waals surface area contributed by atoms with Crippen LogP contribution in [0.25, 0.3) is 11.0 Å². The molecule has 0 saturated carbocycles. The predicted octanol–water partition coefficient (Wildman–Crippen LogP) is 1.24. The lowest BCUT2D eigenvalue weighted by atomic mass is 10.2. The molecule has 0 bridgehead atoms. The molecule has 0 aliphatic carbocycles. The van der Waals surface area contributed by atoms with E-state index in [2.05, 4.69) is 15.3 Å². The van der Waals surface area contributed by atoms with Crippen LogP contribution in [0.3, 0.4) is 0 Å². The Labute approximate surface area is 155 Å². The summed E-state index contributed by atoms with van der Waals surface area (Å²) >= 11 is 0. The summed E-state index contributed by atoms with van der Waals surface area (Å²) in [4.78, 5) is 40.8. The van der Waals surface area contributed by atoms with Crippen LogP contribution >= 0.6 is 0 Å². The highest BCUT2D eigenvalue weighted by molar-refractivity contribution is 5.75. The molecule has 0 radical (unpaired) electrons. The van der Waals surface area contributed by atoms with Gasteiger partial charge in [-0.2, -0.15) is 4.98 Å². The van der Waals surface area contributed by atoms with Gasteiger partial charge in [0.05, 0.1) is 6.61 Å². The Morgan fingerprint density at radius 3 is 2.78 bits per heavy atom. The Hall–Kier alpha value is -2.88. The number of carbonyl (C=O) groups excluding carboxylic acids is 1. The molecular weight excluding hydrogens is 356 g/mol. The second kappa shape index (κ2) is 8.67. The number of alkyl carbamates (subject to hydrolysis) is 1. The number of nitrogens with zero attached hydrogens (tertiary/aromatic N) is 2. The number of rotatable bonds is 8. The molecule has 0 saturated heterocycles. The van der Waals surface area contributed by atoms with Gasteiger partial charge in [-0.25, -0.2) is 9.59 Å². The van der Waals surface area contributed by atoms with Gasteiger partial charge in [0.1, 0.15) is 17.8 Å². The minimum atomic E-state index is -1.11. The summed E-state index contributed by atoms with van der Waals surface area (Å²) in [6.45, 7) is 6.07. The zero-order valence-electron chi connectivity index (χ0n) is 15.6. The molecular formula is C17H24N4O6. The van der Waals surface area contributed by atoms with E-state index in [1.165, 1.54) is 6.20 Å². The van der Waals surface area contributed by atoms with Gasteiger partial charge in [-0.05, 0) is 33.3 Å². The second-order valence-electron chi connectivity index (χ2n) is 6.98. The Morgan fingerprint density at radius 1 is 1.37 bits per heavy atom. The van der Waals surface area contributed by atoms with Crippen molar-refractivity contribution in [3.05, 3.63) is 28.4 Å². The molecule has 148 valence electrons. The number of carboxylic acids is 1. The van der Waals surface area contributed by atoms with E-state index >= 15 is 0 Å². The van der Waals surface area contributed by atoms with Gasteiger partial charge in [0.15, 0.2) is 0 Å². The summed E-state index contributed by atoms with van der Waals surface area (Å²) in [5.41, 5.74) is -0.0686. The smallest absolute Gasteiger partial charge is 0.407 e. The molecule has 1 amide bonds. The van der Waals surface area contributed by atoms with Crippen molar-refractivity contribution in [3.8, 4) is 0 Å². The molecule has 0 atom stereocenters. The van der Waals surface area contributed by atoms with Crippen LogP contribution < -0.4 is 11.0 Å². The number of H-pyrrole nitrogens is 1. The van der Waals surface area contributed by atoms with E-state index in [4.69, 9.17) is 14.6 Å². The van der Waals surface area contributed by atoms with E-state index in [1.807, 2.05) is 0 Å². The number of ether oxygens (including phenoxy) is 2. The average Bonchev–Trinajstić information content (AvgIpc) is 2.90. The van der Waals surface area contributed by atoms with E-state index in [-0.39, 0.29) is 6.61 Å². The highest BCUT2D eigenvalue weighted by atomic mass is 16.6. The van der Waals surface area contributed by atoms with Crippen LogP contribution in [0.4, 0.5) is 4.79 Å². The van der Waals surface area contributed by atoms with Crippen molar-refractivity contribution in [3.63, 3.8) is 0 Å². The number of fused-ring (bicyclic) bond motifs is 1. The quantitative estimate of drug-likeness (QED) is 0.586. The van der Waals surface area contributed by atoms with Crippen molar-refractivity contribution >= 4 is 23.1 Å². The molecule has 2 heterocycles. The van der Waals surface area contributed by atoms with E-state index in [9.17, 15) is 14.4 Å². The lowest BCUT2D eigenvalue weighted by molar-refractivity contribution is -0.137. The van der Waals surface area contributed by atoms with Crippen molar-refractivity contribution in [2.75, 3.05) is 13.2 Å². The molecule has 2 aromatic heterocycles. The minimum Gasteiger partial charge on any atom is -0.480 e. The number of hydrogen-bond acceptors (Lipinski definition) is 6. The van der Waals surface area contributed by atoms with Gasteiger partial charge < -0.3 is 24.9 Å². The van der Waals surface area contributed by atoms with Crippen LogP contribution in [0.2, 0.25) is 0 Å². The van der Waals surface area contributed by atoms with Gasteiger partial charge in [0, 0.05) is 30.4 Å². The third-order valence-electron chi connectivity index (χ3n) is 3.33. The summed E-state index contributed by atoms with van der Waals surface area (Å²) in [7, 11) is 0. The van der Waals surface area contributed by atoms with Crippen molar-refractivity contribution in [2.24, 2.45) is 0 Å². The molecule has 3 N–H and O–H groups in total. The molecule has 0 fully saturated rings. The van der Waals surface area contributed by atoms with Gasteiger partial charge in [0.2, 0.25) is 0 Å². The zero-order valence-corrected chi connectivity index (χ0v) is 15.6. The number of hydrogen-bond donors (Lipinski definition) is 3. The fourth-order valence-corrected chi connectivity index (χ4v) is 2.29. The summed E-state index contributed by atoms with van der Waals surface area (Å²) in [6, 6.07) is 1.75. The van der Waals surface area contributed by atoms with Crippen LogP contribution in [0, 0.1) is 0 Å². The van der Waals surface area contributed by atoms with E-state index in [0.717, 1.165) is 4.57 Å². The van der Waals surface area contributed by atoms with Crippen molar-refractivity contribution in [1.82, 2.24) is 19.9 Å². The van der Waals surface area contributed by atoms with Crippen LogP contribution in [-0.2, 0) is 27.4 Å². The number of amides is 1. The number of carboxylic acid groups (broad SMARTS) is 1. The first-order chi connectivity index (χ1) is 12.6. The van der Waals surface area contributed by atoms with Gasteiger partial charge in [-0.15, -0.1) is 0 Å². The number of nitrogens with one attached hydrogen (secondary N) is 2. The minimum absolute atomic E-state index is 0.274. The van der Waals surface area contributed by atoms with Crippen LogP contribution in [0.15, 0.2) is 17.1 Å². The standard InChI is InChI=1S/C17H24N4O6/c1-17(2,3)27-16(25)18-5-4-6-26-10-12-7-11-8-21(9-13(22)23)15(24)20-14(11)19-12/h7-8H,4-6,9-10H2,1-3H3,(H,18,25)(H,22,23)(H,19,20,24). The van der Waals surface area contributed by atoms with Crippen LogP contribution in [0.5, 0.6) is 0 Å². The SMILES string of the molecule is CC(C)(C)OC(=O)NCCCOCc1cc2cn(CC(=O)O)c(=O)nc2[nH]1. The molecule has 0 aromatic carbocycles. The van der Waals surface area contributed by atoms with E-state index in [1.54, 1.807) is 26.8 Å². The molecule has 0 spiro atoms. The monoisotopic (exact) mass is 380 g/mol. The lowest BCUT2D eigenvalue weighted by Gasteiger charge is -2.19. The maximum Gasteiger partial charge on any atom is 0.407 e. The fourth-order valence-electron chi connectivity index (χ4n) is 2.29. The predicted molar refractivity (Wildman–Crippen MR) is 96.5 cm³/mol. The first kappa shape index (κ1) is 20.4. The number of carbonyl (C=O) groups is 2. The van der Waals surface area contributed by atoms with Crippen molar-refractivity contribution < 1.29 is 24.2 Å². The Morgan fingerprint density at radius 2 is 2.11 bits per heavy atom. The lowest BCUT2D eigenvalue weighted by Crippen LogP contribution is -2.33. The van der Waals surface area contributed by atoms with Gasteiger partial charge in [0.25, 0.3) is 0 Å². The molecule has 0 aliphatic heterocycles. The zero-order chi connectivity index (χ0) is 20.0. The number of aromatic amines is 1. The maximum absolute atomic E-state index is 11.7. The Kier molecular flexibility index (Phi) is 6.56. The Balaban J connectivity index is 1.78. The first-order valence-electron chi connectivity index (χ1n) is 8.49. The second-order valence-corrected chi connectivity index (χ2v) is 6.98. The largest absolute Gasteiger partial charge is 0.480 e. The summed E-state index contributed by atoms with van der Waals surface area (Å²) in [5.74, 6) is -1.11. The summed E-state index contributed by atoms with van der Waals surface area (Å²) < 4.78 is 11.7. The molecule has 10 heteroatoms. The van der Waals surface area contributed by atoms with E-state index in [0.29, 0.717) is 36.3 Å². The summed E-state index contributed by atoms with van der Waals surface area (Å²) in [5, 5.41) is 12.1. The van der Waals surface area contributed by atoms with Gasteiger partial charge in [-0.3, -0.25) is 9.36 Å². The van der Waals surface area contributed by atoms with Crippen molar-refractivity contribution in [1.29, 1.82) is 0 Å². The third kappa shape index (κ3) is 6.74. The van der Waals surface area contributed by atoms with Crippen LogP contribution in [0.1, 0.15) is 32.9 Å². The molecule has 0 aliphatic rings. The normalized spacial score (nSPS) is 11.5. The highest BCUT2D eigenvalue weighted by Gasteiger charge is 2.15. The van der Waals surface area contributed by atoms with Gasteiger partial charge >= 0.3 is 17.8 Å². The van der Waals surface area contributed by atoms with Crippen LogP contribution in [-0.4, -0.2) is 50.5 Å². The van der Waals surface area contributed by atoms with Crippen molar-refractivity contribution in [2.45, 2.75) is 45.9 Å². The highest BCUT2D eigenvalue weighted by Crippen LogP contribution is 2.12. The Bertz CT molecular complexity index is 864. The fraction of sp³-hybridized carbons (Fsp3) is 0.529. The topological polar surface area (TPSA) is 136 Å². The number of aromatic nitrogens is 3. The molecule has 27 heavy (non-hydrogen) atoms. The molecule has 0 unspecified atom stereocenters.